The van der Waals surface area contributed by atoms with Gasteiger partial charge < -0.3 is 71.1 Å². The molecule has 0 saturated heterocycles. The van der Waals surface area contributed by atoms with E-state index in [1.54, 1.807) is 0 Å². The van der Waals surface area contributed by atoms with Gasteiger partial charge in [0.1, 0.15) is 0 Å². The first-order valence-corrected chi connectivity index (χ1v) is 25.1. The Kier molecular flexibility index (Phi) is 60.8. The zero-order chi connectivity index (χ0) is 45.1. The lowest BCUT2D eigenvalue weighted by Crippen LogP contribution is -2.15. The number of unbranched alkanes of at least 4 members (excludes halogenated alkanes) is 14. The molecular weight excluding hydrogens is 817 g/mol. The van der Waals surface area contributed by atoms with Crippen molar-refractivity contribution in [2.75, 3.05) is 198 Å². The first kappa shape index (κ1) is 62.4. The van der Waals surface area contributed by atoms with Gasteiger partial charge in [-0.1, -0.05) is 104 Å². The molecule has 0 fully saturated rings. The van der Waals surface area contributed by atoms with Crippen molar-refractivity contribution in [3.8, 4) is 0 Å². The smallest absolute Gasteiger partial charge is 0.0701 e. The molecular formula is C48H98O15. The maximum Gasteiger partial charge on any atom is 0.0701 e. The van der Waals surface area contributed by atoms with Crippen LogP contribution in [-0.2, 0) is 71.1 Å². The van der Waals surface area contributed by atoms with E-state index in [1.165, 1.54) is 89.9 Å². The Balaban J connectivity index is 3.06. The van der Waals surface area contributed by atoms with Crippen LogP contribution >= 0.6 is 0 Å². The lowest BCUT2D eigenvalue weighted by atomic mass is 10.1. The van der Waals surface area contributed by atoms with Crippen LogP contribution in [0.4, 0.5) is 0 Å². The van der Waals surface area contributed by atoms with Gasteiger partial charge in [0.15, 0.2) is 0 Å². The van der Waals surface area contributed by atoms with Crippen molar-refractivity contribution in [1.82, 2.24) is 0 Å². The van der Waals surface area contributed by atoms with Gasteiger partial charge in [-0.25, -0.2) is 0 Å². The highest BCUT2D eigenvalue weighted by molar-refractivity contribution is 4.48. The summed E-state index contributed by atoms with van der Waals surface area (Å²) in [6.07, 6.45) is 21.0. The highest BCUT2D eigenvalue weighted by Crippen LogP contribution is 2.09. The molecule has 0 bridgehead atoms. The Hall–Kier alpha value is -0.600. The number of rotatable bonds is 60. The molecule has 0 aromatic heterocycles. The zero-order valence-corrected chi connectivity index (χ0v) is 40.7. The summed E-state index contributed by atoms with van der Waals surface area (Å²) < 4.78 is 83.1. The molecule has 0 aromatic carbocycles. The summed E-state index contributed by atoms with van der Waals surface area (Å²) in [4.78, 5) is 0. The molecule has 0 N–H and O–H groups in total. The van der Waals surface area contributed by atoms with Crippen molar-refractivity contribution < 1.29 is 71.1 Å². The highest BCUT2D eigenvalue weighted by Gasteiger charge is 1.99. The van der Waals surface area contributed by atoms with Gasteiger partial charge in [-0.3, -0.25) is 0 Å². The van der Waals surface area contributed by atoms with Crippen molar-refractivity contribution in [1.29, 1.82) is 0 Å². The van der Waals surface area contributed by atoms with Crippen LogP contribution in [-0.4, -0.2) is 198 Å². The van der Waals surface area contributed by atoms with Gasteiger partial charge in [0.05, 0.1) is 185 Å². The Bertz CT molecular complexity index is 713. The van der Waals surface area contributed by atoms with E-state index in [4.69, 9.17) is 71.1 Å². The average molecular weight is 915 g/mol. The second-order valence-corrected chi connectivity index (χ2v) is 15.1. The Morgan fingerprint density at radius 2 is 0.238 bits per heavy atom. The van der Waals surface area contributed by atoms with E-state index in [1.807, 2.05) is 0 Å². The third kappa shape index (κ3) is 61.4. The maximum atomic E-state index is 5.64. The molecule has 0 aliphatic heterocycles. The summed E-state index contributed by atoms with van der Waals surface area (Å²) in [5, 5.41) is 0. The van der Waals surface area contributed by atoms with Crippen LogP contribution in [0.2, 0.25) is 0 Å². The molecule has 15 heteroatoms. The predicted octanol–water partition coefficient (Wildman–Crippen LogP) is 7.52. The summed E-state index contributed by atoms with van der Waals surface area (Å²) in [5.74, 6) is 0. The lowest BCUT2D eigenvalue weighted by molar-refractivity contribution is -0.0300. The zero-order valence-electron chi connectivity index (χ0n) is 40.7. The molecule has 380 valence electrons. The molecule has 0 radical (unpaired) electrons. The van der Waals surface area contributed by atoms with Gasteiger partial charge in [0.25, 0.3) is 0 Å². The Morgan fingerprint density at radius 1 is 0.127 bits per heavy atom. The van der Waals surface area contributed by atoms with E-state index in [0.717, 1.165) is 26.1 Å². The standard InChI is InChI=1S/C48H98O15/c1-3-5-7-9-11-13-15-17-19-49-21-23-51-25-27-53-29-31-55-33-35-57-37-39-59-41-43-61-45-47-63-48-46-62-44-42-60-40-38-58-36-34-56-32-30-54-28-26-52-24-22-50-20-18-16-14-12-10-8-6-4-2/h3-48H2,1-2H3. The van der Waals surface area contributed by atoms with Crippen LogP contribution in [0.1, 0.15) is 117 Å². The highest BCUT2D eigenvalue weighted by atomic mass is 16.6. The second kappa shape index (κ2) is 61.4. The second-order valence-electron chi connectivity index (χ2n) is 15.1. The predicted molar refractivity (Wildman–Crippen MR) is 248 cm³/mol. The van der Waals surface area contributed by atoms with Gasteiger partial charge >= 0.3 is 0 Å². The van der Waals surface area contributed by atoms with Crippen LogP contribution in [0.3, 0.4) is 0 Å². The first-order valence-electron chi connectivity index (χ1n) is 25.1. The molecule has 0 spiro atoms. The van der Waals surface area contributed by atoms with Crippen LogP contribution in [0.15, 0.2) is 0 Å². The van der Waals surface area contributed by atoms with E-state index in [9.17, 15) is 0 Å². The van der Waals surface area contributed by atoms with Crippen LogP contribution < -0.4 is 0 Å². The van der Waals surface area contributed by atoms with E-state index in [0.29, 0.717) is 185 Å². The summed E-state index contributed by atoms with van der Waals surface area (Å²) >= 11 is 0. The van der Waals surface area contributed by atoms with Gasteiger partial charge in [0, 0.05) is 13.2 Å². The van der Waals surface area contributed by atoms with E-state index in [-0.39, 0.29) is 0 Å². The lowest BCUT2D eigenvalue weighted by Gasteiger charge is -2.09. The van der Waals surface area contributed by atoms with Crippen LogP contribution in [0.5, 0.6) is 0 Å². The maximum absolute atomic E-state index is 5.64. The number of hydrogen-bond acceptors (Lipinski definition) is 15. The first-order chi connectivity index (χ1) is 31.4. The molecule has 0 aromatic rings. The molecule has 15 nitrogen and oxygen atoms in total. The summed E-state index contributed by atoms with van der Waals surface area (Å²) in [6, 6.07) is 0. The molecule has 0 unspecified atom stereocenters. The number of ether oxygens (including phenoxy) is 15. The number of hydrogen-bond donors (Lipinski definition) is 0. The molecule has 63 heavy (non-hydrogen) atoms. The molecule has 0 atom stereocenters. The van der Waals surface area contributed by atoms with Crippen LogP contribution in [0.25, 0.3) is 0 Å². The van der Waals surface area contributed by atoms with Gasteiger partial charge in [-0.2, -0.15) is 0 Å². The van der Waals surface area contributed by atoms with Crippen molar-refractivity contribution >= 4 is 0 Å². The molecule has 0 aliphatic rings. The molecule has 0 rings (SSSR count). The quantitative estimate of drug-likeness (QED) is 0.0556. The minimum Gasteiger partial charge on any atom is -0.379 e. The minimum atomic E-state index is 0.509. The molecule has 0 amide bonds. The van der Waals surface area contributed by atoms with Crippen molar-refractivity contribution in [3.05, 3.63) is 0 Å². The monoisotopic (exact) mass is 915 g/mol. The largest absolute Gasteiger partial charge is 0.379 e. The van der Waals surface area contributed by atoms with Crippen molar-refractivity contribution in [3.63, 3.8) is 0 Å². The fourth-order valence-corrected chi connectivity index (χ4v) is 5.86. The topological polar surface area (TPSA) is 138 Å². The van der Waals surface area contributed by atoms with Crippen LogP contribution in [0, 0.1) is 0 Å². The normalized spacial score (nSPS) is 11.7. The van der Waals surface area contributed by atoms with Gasteiger partial charge in [-0.05, 0) is 12.8 Å². The SMILES string of the molecule is CCCCCCCCCCOCCOCCOCCOCCOCCOCCOCCOCCOCCOCCOCCOCCOCCOCCOCCCCCCCCCC. The molecule has 0 aliphatic carbocycles. The van der Waals surface area contributed by atoms with Crippen molar-refractivity contribution in [2.24, 2.45) is 0 Å². The fourth-order valence-electron chi connectivity index (χ4n) is 5.86. The molecule has 0 saturated carbocycles. The Morgan fingerprint density at radius 3 is 0.381 bits per heavy atom. The van der Waals surface area contributed by atoms with E-state index in [2.05, 4.69) is 13.8 Å². The Labute approximate surface area is 385 Å². The third-order valence-corrected chi connectivity index (χ3v) is 9.49. The van der Waals surface area contributed by atoms with Crippen molar-refractivity contribution in [2.45, 2.75) is 117 Å². The van der Waals surface area contributed by atoms with Gasteiger partial charge in [-0.15, -0.1) is 0 Å². The summed E-state index contributed by atoms with van der Waals surface area (Å²) in [5.41, 5.74) is 0. The van der Waals surface area contributed by atoms with E-state index >= 15 is 0 Å². The van der Waals surface area contributed by atoms with Gasteiger partial charge in [0.2, 0.25) is 0 Å². The molecule has 0 heterocycles. The summed E-state index contributed by atoms with van der Waals surface area (Å²) in [6.45, 7) is 21.3. The summed E-state index contributed by atoms with van der Waals surface area (Å²) in [7, 11) is 0. The van der Waals surface area contributed by atoms with E-state index < -0.39 is 0 Å². The fraction of sp³-hybridized carbons (Fsp3) is 1.00. The third-order valence-electron chi connectivity index (χ3n) is 9.49. The average Bonchev–Trinajstić information content (AvgIpc) is 3.29. The minimum absolute atomic E-state index is 0.509.